The number of benzene rings is 1. The molecule has 2 aromatic heterocycles. The monoisotopic (exact) mass is 415 g/mol. The molecule has 132 valence electrons. The Kier molecular flexibility index (Phi) is 5.52. The molecule has 0 bridgehead atoms. The van der Waals surface area contributed by atoms with Crippen molar-refractivity contribution in [3.63, 3.8) is 0 Å². The van der Waals surface area contributed by atoms with E-state index in [-0.39, 0.29) is 30.4 Å². The summed E-state index contributed by atoms with van der Waals surface area (Å²) in [5.41, 5.74) is 7.49. The highest BCUT2D eigenvalue weighted by atomic mass is 79.9. The minimum absolute atomic E-state index is 0.0872. The van der Waals surface area contributed by atoms with Crippen LogP contribution in [0.25, 0.3) is 0 Å². The molecule has 2 heterocycles. The van der Waals surface area contributed by atoms with Crippen molar-refractivity contribution in [2.75, 3.05) is 11.1 Å². The topological polar surface area (TPSA) is 93.8 Å². The molecule has 0 amide bonds. The van der Waals surface area contributed by atoms with E-state index < -0.39 is 0 Å². The Morgan fingerprint density at radius 2 is 1.96 bits per heavy atom. The summed E-state index contributed by atoms with van der Waals surface area (Å²) in [4.78, 5) is 24.2. The number of hydrogen-bond donors (Lipinski definition) is 2. The Bertz CT molecular complexity index is 933. The number of nitrogens with zero attached hydrogens (tertiary/aromatic N) is 3. The fourth-order valence-electron chi connectivity index (χ4n) is 2.35. The average Bonchev–Trinajstić information content (AvgIpc) is 2.64. The largest absolute Gasteiger partial charge is 0.382 e. The van der Waals surface area contributed by atoms with Gasteiger partial charge in [0.1, 0.15) is 11.6 Å². The maximum Gasteiger partial charge on any atom is 0.204 e. The SMILES string of the molecule is Nc1ncccc1NCc1cc(CC(=O)c2ncc(Br)cn2)ccc1F. The molecule has 3 aromatic rings. The number of Topliss-reactive ketones (excluding diaryl/α,β-unsaturated/α-hetero) is 1. The molecule has 3 rings (SSSR count). The highest BCUT2D eigenvalue weighted by molar-refractivity contribution is 9.10. The van der Waals surface area contributed by atoms with Crippen molar-refractivity contribution in [1.82, 2.24) is 15.0 Å². The number of aromatic nitrogens is 3. The first-order valence-corrected chi connectivity index (χ1v) is 8.54. The lowest BCUT2D eigenvalue weighted by Gasteiger charge is -2.10. The molecule has 0 aliphatic rings. The average molecular weight is 416 g/mol. The third kappa shape index (κ3) is 4.40. The van der Waals surface area contributed by atoms with E-state index in [2.05, 4.69) is 36.2 Å². The Labute approximate surface area is 157 Å². The van der Waals surface area contributed by atoms with Crippen molar-refractivity contribution in [3.8, 4) is 0 Å². The predicted molar refractivity (Wildman–Crippen MR) is 100 cm³/mol. The van der Waals surface area contributed by atoms with Gasteiger partial charge in [0.25, 0.3) is 0 Å². The number of nitrogen functional groups attached to an aromatic ring is 1. The van der Waals surface area contributed by atoms with E-state index in [0.717, 1.165) is 0 Å². The number of ketones is 1. The Morgan fingerprint density at radius 1 is 1.19 bits per heavy atom. The van der Waals surface area contributed by atoms with E-state index >= 15 is 0 Å². The van der Waals surface area contributed by atoms with Crippen molar-refractivity contribution in [2.24, 2.45) is 0 Å². The van der Waals surface area contributed by atoms with Gasteiger partial charge in [-0.15, -0.1) is 0 Å². The number of halogens is 2. The smallest absolute Gasteiger partial charge is 0.204 e. The van der Waals surface area contributed by atoms with Gasteiger partial charge in [0.05, 0.1) is 10.2 Å². The molecule has 0 radical (unpaired) electrons. The molecule has 0 unspecified atom stereocenters. The molecule has 0 saturated heterocycles. The van der Waals surface area contributed by atoms with Gasteiger partial charge in [-0.2, -0.15) is 0 Å². The van der Waals surface area contributed by atoms with E-state index in [1.54, 1.807) is 30.5 Å². The number of nitrogens with one attached hydrogen (secondary N) is 1. The van der Waals surface area contributed by atoms with Crippen molar-refractivity contribution in [1.29, 1.82) is 0 Å². The molecule has 0 fully saturated rings. The minimum Gasteiger partial charge on any atom is -0.382 e. The summed E-state index contributed by atoms with van der Waals surface area (Å²) in [7, 11) is 0. The van der Waals surface area contributed by atoms with Crippen LogP contribution in [0.1, 0.15) is 21.7 Å². The lowest BCUT2D eigenvalue weighted by Crippen LogP contribution is -2.10. The van der Waals surface area contributed by atoms with E-state index in [9.17, 15) is 9.18 Å². The fourth-order valence-corrected chi connectivity index (χ4v) is 2.56. The van der Waals surface area contributed by atoms with Crippen molar-refractivity contribution < 1.29 is 9.18 Å². The zero-order valence-electron chi connectivity index (χ0n) is 13.6. The van der Waals surface area contributed by atoms with Gasteiger partial charge in [-0.3, -0.25) is 4.79 Å². The molecule has 26 heavy (non-hydrogen) atoms. The van der Waals surface area contributed by atoms with Crippen LogP contribution in [0.2, 0.25) is 0 Å². The second-order valence-electron chi connectivity index (χ2n) is 5.54. The molecule has 6 nitrogen and oxygen atoms in total. The number of anilines is 2. The lowest BCUT2D eigenvalue weighted by atomic mass is 10.0. The molecular weight excluding hydrogens is 401 g/mol. The van der Waals surface area contributed by atoms with E-state index in [1.807, 2.05) is 0 Å². The van der Waals surface area contributed by atoms with Crippen LogP contribution in [-0.4, -0.2) is 20.7 Å². The van der Waals surface area contributed by atoms with Gasteiger partial charge in [0.15, 0.2) is 5.82 Å². The number of carbonyl (C=O) groups excluding carboxylic acids is 1. The van der Waals surface area contributed by atoms with Crippen LogP contribution in [0, 0.1) is 5.82 Å². The number of carbonyl (C=O) groups is 1. The summed E-state index contributed by atoms with van der Waals surface area (Å²) < 4.78 is 14.8. The summed E-state index contributed by atoms with van der Waals surface area (Å²) >= 11 is 3.22. The standard InChI is InChI=1S/C18H15BrFN5O/c19-13-9-24-18(25-10-13)16(26)7-11-3-4-14(20)12(6-11)8-23-15-2-1-5-22-17(15)21/h1-6,9-10,23H,7-8H2,(H2,21,22). The zero-order chi connectivity index (χ0) is 18.5. The molecule has 0 aliphatic heterocycles. The molecular formula is C18H15BrFN5O. The molecule has 0 aliphatic carbocycles. The van der Waals surface area contributed by atoms with Gasteiger partial charge >= 0.3 is 0 Å². The fraction of sp³-hybridized carbons (Fsp3) is 0.111. The van der Waals surface area contributed by atoms with Crippen LogP contribution < -0.4 is 11.1 Å². The first kappa shape index (κ1) is 17.9. The lowest BCUT2D eigenvalue weighted by molar-refractivity contribution is 0.0983. The van der Waals surface area contributed by atoms with Crippen molar-refractivity contribution in [3.05, 3.63) is 76.2 Å². The minimum atomic E-state index is -0.365. The maximum absolute atomic E-state index is 14.1. The third-order valence-corrected chi connectivity index (χ3v) is 4.06. The number of hydrogen-bond acceptors (Lipinski definition) is 6. The molecule has 0 spiro atoms. The van der Waals surface area contributed by atoms with Gasteiger partial charge in [0, 0.05) is 37.1 Å². The van der Waals surface area contributed by atoms with Crippen molar-refractivity contribution in [2.45, 2.75) is 13.0 Å². The predicted octanol–water partition coefficient (Wildman–Crippen LogP) is 3.39. The Hall–Kier alpha value is -2.87. The van der Waals surface area contributed by atoms with Crippen LogP contribution in [0.15, 0.2) is 53.4 Å². The first-order chi connectivity index (χ1) is 12.5. The molecule has 8 heteroatoms. The second kappa shape index (κ2) is 8.01. The number of rotatable bonds is 6. The summed E-state index contributed by atoms with van der Waals surface area (Å²) in [5.74, 6) is -0.137. The van der Waals surface area contributed by atoms with Crippen LogP contribution in [0.4, 0.5) is 15.9 Å². The number of nitrogens with two attached hydrogens (primary N) is 1. The first-order valence-electron chi connectivity index (χ1n) is 7.75. The highest BCUT2D eigenvalue weighted by Crippen LogP contribution is 2.18. The summed E-state index contributed by atoms with van der Waals surface area (Å²) in [5, 5.41) is 3.05. The van der Waals surface area contributed by atoms with E-state index in [0.29, 0.717) is 27.1 Å². The quantitative estimate of drug-likeness (QED) is 0.599. The molecule has 0 saturated carbocycles. The van der Waals surface area contributed by atoms with E-state index in [4.69, 9.17) is 5.73 Å². The highest BCUT2D eigenvalue weighted by Gasteiger charge is 2.12. The third-order valence-electron chi connectivity index (χ3n) is 3.65. The van der Waals surface area contributed by atoms with Gasteiger partial charge in [0.2, 0.25) is 5.78 Å². The zero-order valence-corrected chi connectivity index (χ0v) is 15.2. The van der Waals surface area contributed by atoms with E-state index in [1.165, 1.54) is 18.5 Å². The van der Waals surface area contributed by atoms with Gasteiger partial charge in [-0.25, -0.2) is 19.3 Å². The Morgan fingerprint density at radius 3 is 2.69 bits per heavy atom. The number of pyridine rings is 1. The van der Waals surface area contributed by atoms with Gasteiger partial charge in [-0.1, -0.05) is 12.1 Å². The molecule has 1 aromatic carbocycles. The molecule has 0 atom stereocenters. The van der Waals surface area contributed by atoms with Crippen LogP contribution in [-0.2, 0) is 13.0 Å². The van der Waals surface area contributed by atoms with Crippen LogP contribution >= 0.6 is 15.9 Å². The summed E-state index contributed by atoms with van der Waals surface area (Å²) in [6.07, 6.45) is 4.69. The second-order valence-corrected chi connectivity index (χ2v) is 6.46. The van der Waals surface area contributed by atoms with Gasteiger partial charge in [-0.05, 0) is 39.7 Å². The maximum atomic E-state index is 14.1. The normalized spacial score (nSPS) is 10.5. The summed E-state index contributed by atoms with van der Waals surface area (Å²) in [6.45, 7) is 0.221. The summed E-state index contributed by atoms with van der Waals surface area (Å²) in [6, 6.07) is 8.06. The van der Waals surface area contributed by atoms with Crippen LogP contribution in [0.5, 0.6) is 0 Å². The van der Waals surface area contributed by atoms with Crippen LogP contribution in [0.3, 0.4) is 0 Å². The van der Waals surface area contributed by atoms with Crippen molar-refractivity contribution >= 4 is 33.2 Å². The molecule has 3 N–H and O–H groups in total. The Balaban J connectivity index is 1.72. The van der Waals surface area contributed by atoms with Gasteiger partial charge < -0.3 is 11.1 Å².